The molecule has 0 aliphatic carbocycles. The smallest absolute Gasteiger partial charge is 0.321 e. The highest BCUT2D eigenvalue weighted by Gasteiger charge is 2.11. The van der Waals surface area contributed by atoms with E-state index in [9.17, 15) is 4.79 Å². The minimum absolute atomic E-state index is 0.312. The largest absolute Gasteiger partial charge is 0.334 e. The highest BCUT2D eigenvalue weighted by atomic mass is 35.5. The monoisotopic (exact) mass is 365 g/mol. The number of nitrogens with one attached hydrogen (secondary N) is 2. The van der Waals surface area contributed by atoms with Gasteiger partial charge in [0.05, 0.1) is 15.2 Å². The molecule has 1 heterocycles. The van der Waals surface area contributed by atoms with E-state index in [0.717, 1.165) is 21.3 Å². The number of hydrogen-bond donors (Lipinski definition) is 2. The van der Waals surface area contributed by atoms with Gasteiger partial charge in [-0.1, -0.05) is 52.7 Å². The fraction of sp³-hybridized carbons (Fsp3) is 0.125. The molecule has 0 aliphatic rings. The fourth-order valence-corrected chi connectivity index (χ4v) is 3.42. The van der Waals surface area contributed by atoms with Crippen LogP contribution in [0.2, 0.25) is 10.0 Å². The first-order valence-electron chi connectivity index (χ1n) is 6.88. The molecule has 0 unspecified atom stereocenters. The molecule has 7 heteroatoms. The molecule has 3 aromatic rings. The number of carbonyl (C=O) groups excluding carboxylic acids is 1. The summed E-state index contributed by atoms with van der Waals surface area (Å²) in [7, 11) is 0. The molecule has 3 rings (SSSR count). The predicted octanol–water partition coefficient (Wildman–Crippen LogP) is 5.23. The van der Waals surface area contributed by atoms with Gasteiger partial charge in [-0.2, -0.15) is 0 Å². The maximum absolute atomic E-state index is 12.0. The maximum atomic E-state index is 12.0. The van der Waals surface area contributed by atoms with Gasteiger partial charge < -0.3 is 5.32 Å². The molecule has 0 bridgehead atoms. The number of thiazole rings is 1. The van der Waals surface area contributed by atoms with E-state index in [-0.39, 0.29) is 6.03 Å². The molecule has 4 nitrogen and oxygen atoms in total. The van der Waals surface area contributed by atoms with Crippen LogP contribution in [0.25, 0.3) is 10.2 Å². The van der Waals surface area contributed by atoms with Gasteiger partial charge in [0.15, 0.2) is 5.13 Å². The summed E-state index contributed by atoms with van der Waals surface area (Å²) in [6.45, 7) is 2.37. The zero-order valence-electron chi connectivity index (χ0n) is 12.2. The molecule has 0 atom stereocenters. The Bertz CT molecular complexity index is 823. The SMILES string of the molecule is Cc1ccc(Cl)c2sc(NC(=O)NCc3ccc(Cl)cc3)nc12. The zero-order valence-corrected chi connectivity index (χ0v) is 14.5. The van der Waals surface area contributed by atoms with E-state index in [1.54, 1.807) is 12.1 Å². The molecule has 2 amide bonds. The lowest BCUT2D eigenvalue weighted by atomic mass is 10.2. The highest BCUT2D eigenvalue weighted by molar-refractivity contribution is 7.23. The van der Waals surface area contributed by atoms with E-state index in [0.29, 0.717) is 21.7 Å². The van der Waals surface area contributed by atoms with Gasteiger partial charge >= 0.3 is 6.03 Å². The molecule has 0 saturated heterocycles. The Hall–Kier alpha value is -1.82. The van der Waals surface area contributed by atoms with Crippen LogP contribution in [0.1, 0.15) is 11.1 Å². The van der Waals surface area contributed by atoms with E-state index in [1.165, 1.54) is 11.3 Å². The first kappa shape index (κ1) is 16.1. The number of nitrogens with zero attached hydrogens (tertiary/aromatic N) is 1. The summed E-state index contributed by atoms with van der Waals surface area (Å²) in [6.07, 6.45) is 0. The first-order chi connectivity index (χ1) is 11.0. The van der Waals surface area contributed by atoms with Crippen LogP contribution in [-0.4, -0.2) is 11.0 Å². The average Bonchev–Trinajstić information content (AvgIpc) is 2.95. The summed E-state index contributed by atoms with van der Waals surface area (Å²) in [5, 5.41) is 7.34. The van der Waals surface area contributed by atoms with Crippen molar-refractivity contribution in [1.82, 2.24) is 10.3 Å². The second-order valence-corrected chi connectivity index (χ2v) is 6.84. The highest BCUT2D eigenvalue weighted by Crippen LogP contribution is 2.33. The van der Waals surface area contributed by atoms with E-state index >= 15 is 0 Å². The predicted molar refractivity (Wildman–Crippen MR) is 96.7 cm³/mol. The van der Waals surface area contributed by atoms with Crippen LogP contribution in [0.3, 0.4) is 0 Å². The van der Waals surface area contributed by atoms with Crippen LogP contribution in [0.5, 0.6) is 0 Å². The number of urea groups is 1. The van der Waals surface area contributed by atoms with Gasteiger partial charge in [-0.15, -0.1) is 0 Å². The minimum atomic E-state index is -0.312. The van der Waals surface area contributed by atoms with Gasteiger partial charge in [0.25, 0.3) is 0 Å². The number of benzene rings is 2. The number of halogens is 2. The van der Waals surface area contributed by atoms with Gasteiger partial charge in [-0.05, 0) is 36.2 Å². The molecule has 2 N–H and O–H groups in total. The number of anilines is 1. The van der Waals surface area contributed by atoms with Gasteiger partial charge in [0, 0.05) is 11.6 Å². The normalized spacial score (nSPS) is 10.7. The van der Waals surface area contributed by atoms with Gasteiger partial charge in [-0.3, -0.25) is 5.32 Å². The van der Waals surface area contributed by atoms with Crippen molar-refractivity contribution < 1.29 is 4.79 Å². The van der Waals surface area contributed by atoms with Crippen LogP contribution in [0, 0.1) is 6.92 Å². The molecule has 0 saturated carbocycles. The van der Waals surface area contributed by atoms with Gasteiger partial charge in [-0.25, -0.2) is 9.78 Å². The molecule has 0 radical (unpaired) electrons. The van der Waals surface area contributed by atoms with Crippen molar-refractivity contribution in [2.75, 3.05) is 5.32 Å². The molecule has 118 valence electrons. The van der Waals surface area contributed by atoms with Crippen LogP contribution >= 0.6 is 34.5 Å². The van der Waals surface area contributed by atoms with Crippen molar-refractivity contribution in [1.29, 1.82) is 0 Å². The third kappa shape index (κ3) is 3.75. The van der Waals surface area contributed by atoms with E-state index in [2.05, 4.69) is 15.6 Å². The van der Waals surface area contributed by atoms with Gasteiger partial charge in [0.2, 0.25) is 0 Å². The zero-order chi connectivity index (χ0) is 16.4. The number of amides is 2. The van der Waals surface area contributed by atoms with Crippen molar-refractivity contribution in [3.8, 4) is 0 Å². The Morgan fingerprint density at radius 1 is 1.17 bits per heavy atom. The van der Waals surface area contributed by atoms with E-state index in [4.69, 9.17) is 23.2 Å². The molecule has 23 heavy (non-hydrogen) atoms. The van der Waals surface area contributed by atoms with Crippen LogP contribution in [0.4, 0.5) is 9.93 Å². The molecule has 0 spiro atoms. The van der Waals surface area contributed by atoms with E-state index in [1.807, 2.05) is 31.2 Å². The first-order valence-corrected chi connectivity index (χ1v) is 8.45. The topological polar surface area (TPSA) is 54.0 Å². The quantitative estimate of drug-likeness (QED) is 0.667. The van der Waals surface area contributed by atoms with E-state index < -0.39 is 0 Å². The lowest BCUT2D eigenvalue weighted by Crippen LogP contribution is -2.28. The average molecular weight is 366 g/mol. The third-order valence-electron chi connectivity index (χ3n) is 3.28. The Morgan fingerprint density at radius 3 is 2.61 bits per heavy atom. The Kier molecular flexibility index (Phi) is 4.71. The molecule has 1 aromatic heterocycles. The number of rotatable bonds is 3. The summed E-state index contributed by atoms with van der Waals surface area (Å²) < 4.78 is 0.875. The van der Waals surface area contributed by atoms with Crippen LogP contribution in [-0.2, 0) is 6.54 Å². The lowest BCUT2D eigenvalue weighted by Gasteiger charge is -2.05. The lowest BCUT2D eigenvalue weighted by molar-refractivity contribution is 0.251. The number of fused-ring (bicyclic) bond motifs is 1. The Labute approximate surface area is 147 Å². The second-order valence-electron chi connectivity index (χ2n) is 5.00. The van der Waals surface area contributed by atoms with Crippen LogP contribution < -0.4 is 10.6 Å². The molecule has 0 aliphatic heterocycles. The molecule has 0 fully saturated rings. The summed E-state index contributed by atoms with van der Waals surface area (Å²) in [5.41, 5.74) is 2.80. The summed E-state index contributed by atoms with van der Waals surface area (Å²) in [4.78, 5) is 16.4. The summed E-state index contributed by atoms with van der Waals surface area (Å²) in [6, 6.07) is 10.7. The second kappa shape index (κ2) is 6.74. The maximum Gasteiger partial charge on any atom is 0.321 e. The fourth-order valence-electron chi connectivity index (χ4n) is 2.08. The molecular weight excluding hydrogens is 353 g/mol. The van der Waals surface area contributed by atoms with Crippen molar-refractivity contribution >= 4 is 55.9 Å². The van der Waals surface area contributed by atoms with Gasteiger partial charge in [0.1, 0.15) is 0 Å². The Balaban J connectivity index is 1.67. The Morgan fingerprint density at radius 2 is 1.91 bits per heavy atom. The number of aromatic nitrogens is 1. The molecular formula is C16H13Cl2N3OS. The minimum Gasteiger partial charge on any atom is -0.334 e. The number of hydrogen-bond acceptors (Lipinski definition) is 3. The molecule has 2 aromatic carbocycles. The van der Waals surface area contributed by atoms with Crippen molar-refractivity contribution in [2.45, 2.75) is 13.5 Å². The third-order valence-corrected chi connectivity index (χ3v) is 4.97. The van der Waals surface area contributed by atoms with Crippen LogP contribution in [0.15, 0.2) is 36.4 Å². The summed E-state index contributed by atoms with van der Waals surface area (Å²) in [5.74, 6) is 0. The summed E-state index contributed by atoms with van der Waals surface area (Å²) >= 11 is 13.4. The number of aryl methyl sites for hydroxylation is 1. The number of carbonyl (C=O) groups is 1. The van der Waals surface area contributed by atoms with Crippen molar-refractivity contribution in [3.63, 3.8) is 0 Å². The van der Waals surface area contributed by atoms with Crippen molar-refractivity contribution in [2.24, 2.45) is 0 Å². The van der Waals surface area contributed by atoms with Crippen molar-refractivity contribution in [3.05, 3.63) is 57.6 Å². The standard InChI is InChI=1S/C16H13Cl2N3OS/c1-9-2-7-12(18)14-13(9)20-16(23-14)21-15(22)19-8-10-3-5-11(17)6-4-10/h2-7H,8H2,1H3,(H2,19,20,21,22).